The number of halogens is 1. The number of hydrogen-bond acceptors (Lipinski definition) is 4. The molecule has 20 heavy (non-hydrogen) atoms. The summed E-state index contributed by atoms with van der Waals surface area (Å²) in [6.45, 7) is 1.88. The first-order valence-corrected chi connectivity index (χ1v) is 6.95. The number of nitrogens with zero attached hydrogens (tertiary/aromatic N) is 2. The topological polar surface area (TPSA) is 68.9 Å². The molecule has 2 atom stereocenters. The maximum absolute atomic E-state index is 10.3. The van der Waals surface area contributed by atoms with E-state index >= 15 is 0 Å². The largest absolute Gasteiger partial charge is 0.386 e. The summed E-state index contributed by atoms with van der Waals surface area (Å²) in [5.74, 6) is 0.632. The number of benzene rings is 1. The Kier molecular flexibility index (Phi) is 4.72. The van der Waals surface area contributed by atoms with Crippen LogP contribution in [-0.4, -0.2) is 16.1 Å². The van der Waals surface area contributed by atoms with Crippen LogP contribution in [0.2, 0.25) is 0 Å². The molecule has 0 fully saturated rings. The van der Waals surface area contributed by atoms with Crippen molar-refractivity contribution in [3.8, 4) is 6.07 Å². The first kappa shape index (κ1) is 14.5. The standard InChI is InChI=1S/C15H14BrN3O/c1-10(15(20)12-3-5-13(16)6-4-12)19-14-7-2-11(8-17)9-18-14/h2-7,9-10,15,20H,1H3,(H,18,19)/t10-,15+/m1/s1. The number of aliphatic hydroxyl groups excluding tert-OH is 1. The van der Waals surface area contributed by atoms with Gasteiger partial charge in [-0.2, -0.15) is 5.26 Å². The Hall–Kier alpha value is -1.90. The van der Waals surface area contributed by atoms with Gasteiger partial charge >= 0.3 is 0 Å². The molecule has 102 valence electrons. The fourth-order valence-corrected chi connectivity index (χ4v) is 2.07. The fraction of sp³-hybridized carbons (Fsp3) is 0.200. The summed E-state index contributed by atoms with van der Waals surface area (Å²) in [6, 6.07) is 12.8. The second-order valence-electron chi connectivity index (χ2n) is 4.47. The first-order valence-electron chi connectivity index (χ1n) is 6.16. The maximum Gasteiger partial charge on any atom is 0.126 e. The van der Waals surface area contributed by atoms with Crippen molar-refractivity contribution in [1.82, 2.24) is 4.98 Å². The van der Waals surface area contributed by atoms with Crippen LogP contribution in [0.3, 0.4) is 0 Å². The van der Waals surface area contributed by atoms with E-state index in [0.29, 0.717) is 11.4 Å². The minimum atomic E-state index is -0.638. The normalized spacial score (nSPS) is 13.3. The van der Waals surface area contributed by atoms with Crippen LogP contribution in [0.5, 0.6) is 0 Å². The van der Waals surface area contributed by atoms with Crippen LogP contribution in [0, 0.1) is 11.3 Å². The Morgan fingerprint density at radius 1 is 1.25 bits per heavy atom. The van der Waals surface area contributed by atoms with Crippen molar-refractivity contribution in [3.63, 3.8) is 0 Å². The average Bonchev–Trinajstić information content (AvgIpc) is 2.48. The highest BCUT2D eigenvalue weighted by Gasteiger charge is 2.16. The van der Waals surface area contributed by atoms with Crippen LogP contribution in [0.15, 0.2) is 47.1 Å². The van der Waals surface area contributed by atoms with Gasteiger partial charge in [0.25, 0.3) is 0 Å². The van der Waals surface area contributed by atoms with Gasteiger partial charge in [0.15, 0.2) is 0 Å². The summed E-state index contributed by atoms with van der Waals surface area (Å²) < 4.78 is 0.975. The molecular formula is C15H14BrN3O. The number of aromatic nitrogens is 1. The third-order valence-electron chi connectivity index (χ3n) is 2.95. The number of pyridine rings is 1. The van der Waals surface area contributed by atoms with Crippen molar-refractivity contribution in [2.45, 2.75) is 19.1 Å². The minimum absolute atomic E-state index is 0.198. The Bertz CT molecular complexity index is 605. The van der Waals surface area contributed by atoms with E-state index in [1.54, 1.807) is 12.1 Å². The zero-order valence-electron chi connectivity index (χ0n) is 10.9. The second kappa shape index (κ2) is 6.51. The summed E-state index contributed by atoms with van der Waals surface area (Å²) >= 11 is 3.37. The highest BCUT2D eigenvalue weighted by Crippen LogP contribution is 2.21. The van der Waals surface area contributed by atoms with Crippen molar-refractivity contribution in [3.05, 3.63) is 58.2 Å². The number of hydrogen-bond donors (Lipinski definition) is 2. The summed E-state index contributed by atoms with van der Waals surface area (Å²) in [4.78, 5) is 4.13. The van der Waals surface area contributed by atoms with Gasteiger partial charge in [-0.3, -0.25) is 0 Å². The van der Waals surface area contributed by atoms with E-state index in [1.807, 2.05) is 37.3 Å². The van der Waals surface area contributed by atoms with Crippen LogP contribution in [0.4, 0.5) is 5.82 Å². The second-order valence-corrected chi connectivity index (χ2v) is 5.39. The van der Waals surface area contributed by atoms with Crippen molar-refractivity contribution < 1.29 is 5.11 Å². The Balaban J connectivity index is 2.05. The fourth-order valence-electron chi connectivity index (χ4n) is 1.81. The molecule has 0 saturated heterocycles. The quantitative estimate of drug-likeness (QED) is 0.902. The van der Waals surface area contributed by atoms with Crippen molar-refractivity contribution in [1.29, 1.82) is 5.26 Å². The third-order valence-corrected chi connectivity index (χ3v) is 3.48. The highest BCUT2D eigenvalue weighted by atomic mass is 79.9. The molecule has 4 nitrogen and oxygen atoms in total. The van der Waals surface area contributed by atoms with Gasteiger partial charge in [0.05, 0.1) is 17.7 Å². The molecule has 0 amide bonds. The van der Waals surface area contributed by atoms with Gasteiger partial charge in [0, 0.05) is 10.7 Å². The number of aliphatic hydroxyl groups is 1. The van der Waals surface area contributed by atoms with Crippen molar-refractivity contribution in [2.24, 2.45) is 0 Å². The Morgan fingerprint density at radius 3 is 2.50 bits per heavy atom. The van der Waals surface area contributed by atoms with Crippen LogP contribution in [0.25, 0.3) is 0 Å². The predicted octanol–water partition coefficient (Wildman–Crippen LogP) is 3.25. The molecule has 0 saturated carbocycles. The molecule has 1 aromatic carbocycles. The number of nitrogens with one attached hydrogen (secondary N) is 1. The van der Waals surface area contributed by atoms with Gasteiger partial charge in [-0.05, 0) is 36.8 Å². The molecule has 0 aliphatic heterocycles. The van der Waals surface area contributed by atoms with E-state index in [1.165, 1.54) is 6.20 Å². The van der Waals surface area contributed by atoms with Gasteiger partial charge < -0.3 is 10.4 Å². The lowest BCUT2D eigenvalue weighted by Gasteiger charge is -2.21. The van der Waals surface area contributed by atoms with Crippen molar-refractivity contribution >= 4 is 21.7 Å². The zero-order chi connectivity index (χ0) is 14.5. The van der Waals surface area contributed by atoms with E-state index in [-0.39, 0.29) is 6.04 Å². The van der Waals surface area contributed by atoms with Gasteiger partial charge in [-0.25, -0.2) is 4.98 Å². The average molecular weight is 332 g/mol. The molecule has 1 aromatic heterocycles. The maximum atomic E-state index is 10.3. The number of anilines is 1. The van der Waals surface area contributed by atoms with Crippen molar-refractivity contribution in [2.75, 3.05) is 5.32 Å². The zero-order valence-corrected chi connectivity index (χ0v) is 12.5. The van der Waals surface area contributed by atoms with E-state index in [2.05, 4.69) is 26.2 Å². The monoisotopic (exact) mass is 331 g/mol. The molecule has 2 N–H and O–H groups in total. The molecule has 0 bridgehead atoms. The van der Waals surface area contributed by atoms with E-state index < -0.39 is 6.10 Å². The molecular weight excluding hydrogens is 318 g/mol. The smallest absolute Gasteiger partial charge is 0.126 e. The van der Waals surface area contributed by atoms with Crippen LogP contribution >= 0.6 is 15.9 Å². The molecule has 2 rings (SSSR count). The lowest BCUT2D eigenvalue weighted by Crippen LogP contribution is -2.24. The lowest BCUT2D eigenvalue weighted by molar-refractivity contribution is 0.160. The molecule has 0 unspecified atom stereocenters. The third kappa shape index (κ3) is 3.56. The minimum Gasteiger partial charge on any atom is -0.386 e. The SMILES string of the molecule is C[C@@H](Nc1ccc(C#N)cn1)[C@H](O)c1ccc(Br)cc1. The van der Waals surface area contributed by atoms with Gasteiger partial charge in [0.2, 0.25) is 0 Å². The Morgan fingerprint density at radius 2 is 1.95 bits per heavy atom. The molecule has 2 aromatic rings. The molecule has 0 spiro atoms. The molecule has 0 aliphatic rings. The van der Waals surface area contributed by atoms with Gasteiger partial charge in [-0.15, -0.1) is 0 Å². The number of rotatable bonds is 4. The van der Waals surface area contributed by atoms with Gasteiger partial charge in [-0.1, -0.05) is 28.1 Å². The summed E-state index contributed by atoms with van der Waals surface area (Å²) in [5.41, 5.74) is 1.35. The summed E-state index contributed by atoms with van der Waals surface area (Å²) in [6.07, 6.45) is 0.863. The highest BCUT2D eigenvalue weighted by molar-refractivity contribution is 9.10. The predicted molar refractivity (Wildman–Crippen MR) is 81.1 cm³/mol. The summed E-state index contributed by atoms with van der Waals surface area (Å²) in [5, 5.41) is 22.1. The van der Waals surface area contributed by atoms with Crippen LogP contribution in [0.1, 0.15) is 24.2 Å². The van der Waals surface area contributed by atoms with E-state index in [4.69, 9.17) is 5.26 Å². The molecule has 0 aliphatic carbocycles. The lowest BCUT2D eigenvalue weighted by atomic mass is 10.0. The Labute approximate surface area is 126 Å². The first-order chi connectivity index (χ1) is 9.60. The molecule has 5 heteroatoms. The van der Waals surface area contributed by atoms with Gasteiger partial charge in [0.1, 0.15) is 11.9 Å². The summed E-state index contributed by atoms with van der Waals surface area (Å²) in [7, 11) is 0. The van der Waals surface area contributed by atoms with E-state index in [9.17, 15) is 5.11 Å². The van der Waals surface area contributed by atoms with Crippen LogP contribution in [-0.2, 0) is 0 Å². The number of nitriles is 1. The molecule has 0 radical (unpaired) electrons. The molecule has 1 heterocycles. The van der Waals surface area contributed by atoms with E-state index in [0.717, 1.165) is 10.0 Å². The van der Waals surface area contributed by atoms with Crippen LogP contribution < -0.4 is 5.32 Å².